The quantitative estimate of drug-likeness (QED) is 0.887. The van der Waals surface area contributed by atoms with Gasteiger partial charge in [0.1, 0.15) is 5.82 Å². The van der Waals surface area contributed by atoms with Crippen molar-refractivity contribution in [2.45, 2.75) is 13.8 Å². The predicted molar refractivity (Wildman–Crippen MR) is 70.0 cm³/mol. The Morgan fingerprint density at radius 2 is 2.06 bits per heavy atom. The number of hydrogen-bond acceptors (Lipinski definition) is 2. The third-order valence-electron chi connectivity index (χ3n) is 3.63. The maximum Gasteiger partial charge on any atom is 0.230 e. The fraction of sp³-hybridized carbons (Fsp3) is 0.500. The smallest absolute Gasteiger partial charge is 0.230 e. The molecule has 98 valence electrons. The summed E-state index contributed by atoms with van der Waals surface area (Å²) in [7, 11) is 0. The van der Waals surface area contributed by atoms with Gasteiger partial charge in [0.25, 0.3) is 0 Å². The number of nitrogens with one attached hydrogen (secondary N) is 1. The molecule has 0 spiro atoms. The average Bonchev–Trinajstić information content (AvgIpc) is 2.30. The van der Waals surface area contributed by atoms with Gasteiger partial charge in [-0.3, -0.25) is 4.79 Å². The number of carbonyl (C=O) groups excluding carboxylic acids is 1. The van der Waals surface area contributed by atoms with E-state index in [9.17, 15) is 9.18 Å². The fourth-order valence-electron chi connectivity index (χ4n) is 2.20. The number of nitrogens with zero attached hydrogens (tertiary/aromatic N) is 1. The van der Waals surface area contributed by atoms with Gasteiger partial charge in [0.05, 0.1) is 0 Å². The molecule has 1 saturated heterocycles. The van der Waals surface area contributed by atoms with E-state index in [1.165, 1.54) is 12.1 Å². The summed E-state index contributed by atoms with van der Waals surface area (Å²) in [5.41, 5.74) is 0.767. The second-order valence-corrected chi connectivity index (χ2v) is 4.77. The minimum Gasteiger partial charge on any atom is -0.316 e. The molecule has 1 N–H and O–H groups in total. The summed E-state index contributed by atoms with van der Waals surface area (Å²) in [4.78, 5) is 14.1. The summed E-state index contributed by atoms with van der Waals surface area (Å²) < 4.78 is 12.9. The van der Waals surface area contributed by atoms with Crippen molar-refractivity contribution in [2.24, 2.45) is 11.8 Å². The van der Waals surface area contributed by atoms with Crippen LogP contribution >= 0.6 is 0 Å². The zero-order valence-electron chi connectivity index (χ0n) is 10.8. The van der Waals surface area contributed by atoms with Crippen LogP contribution in [0, 0.1) is 17.7 Å². The minimum absolute atomic E-state index is 0.0104. The highest BCUT2D eigenvalue weighted by Crippen LogP contribution is 2.22. The van der Waals surface area contributed by atoms with Crippen molar-refractivity contribution in [2.75, 3.05) is 24.5 Å². The van der Waals surface area contributed by atoms with Crippen molar-refractivity contribution >= 4 is 11.6 Å². The molecule has 2 rings (SSSR count). The second-order valence-electron chi connectivity index (χ2n) is 4.77. The van der Waals surface area contributed by atoms with Crippen LogP contribution in [0.3, 0.4) is 0 Å². The number of benzene rings is 1. The van der Waals surface area contributed by atoms with Crippen molar-refractivity contribution in [1.82, 2.24) is 5.32 Å². The number of amides is 1. The van der Waals surface area contributed by atoms with Gasteiger partial charge in [-0.2, -0.15) is 0 Å². The van der Waals surface area contributed by atoms with Crippen LogP contribution in [-0.4, -0.2) is 25.5 Å². The molecule has 0 saturated carbocycles. The van der Waals surface area contributed by atoms with Gasteiger partial charge in [-0.15, -0.1) is 0 Å². The standard InChI is InChI=1S/C14H19FN2O/c1-3-17(13-6-4-12(15)5-7-13)14(18)10(2)11-8-16-9-11/h4-7,10-11,16H,3,8-9H2,1-2H3. The van der Waals surface area contributed by atoms with E-state index < -0.39 is 0 Å². The van der Waals surface area contributed by atoms with Gasteiger partial charge < -0.3 is 10.2 Å². The van der Waals surface area contributed by atoms with Gasteiger partial charge >= 0.3 is 0 Å². The van der Waals surface area contributed by atoms with Crippen LogP contribution in [0.25, 0.3) is 0 Å². The van der Waals surface area contributed by atoms with Crippen molar-refractivity contribution < 1.29 is 9.18 Å². The van der Waals surface area contributed by atoms with Crippen LogP contribution in [0.1, 0.15) is 13.8 Å². The van der Waals surface area contributed by atoms with Crippen molar-refractivity contribution in [3.05, 3.63) is 30.1 Å². The van der Waals surface area contributed by atoms with Gasteiger partial charge in [-0.25, -0.2) is 4.39 Å². The fourth-order valence-corrected chi connectivity index (χ4v) is 2.20. The Balaban J connectivity index is 2.12. The van der Waals surface area contributed by atoms with Crippen LogP contribution in [0.5, 0.6) is 0 Å². The topological polar surface area (TPSA) is 32.3 Å². The maximum absolute atomic E-state index is 12.9. The van der Waals surface area contributed by atoms with E-state index in [2.05, 4.69) is 5.32 Å². The maximum atomic E-state index is 12.9. The van der Waals surface area contributed by atoms with Crippen molar-refractivity contribution in [3.8, 4) is 0 Å². The van der Waals surface area contributed by atoms with Crippen LogP contribution in [0.15, 0.2) is 24.3 Å². The molecule has 1 aliphatic rings. The Bertz CT molecular complexity index is 414. The van der Waals surface area contributed by atoms with E-state index in [-0.39, 0.29) is 17.6 Å². The van der Waals surface area contributed by atoms with Gasteiger partial charge in [0.2, 0.25) is 5.91 Å². The largest absolute Gasteiger partial charge is 0.316 e. The van der Waals surface area contributed by atoms with E-state index in [0.29, 0.717) is 12.5 Å². The highest BCUT2D eigenvalue weighted by Gasteiger charge is 2.31. The summed E-state index contributed by atoms with van der Waals surface area (Å²) >= 11 is 0. The van der Waals surface area contributed by atoms with Crippen LogP contribution in [0.4, 0.5) is 10.1 Å². The SMILES string of the molecule is CCN(C(=O)C(C)C1CNC1)c1ccc(F)cc1. The summed E-state index contributed by atoms with van der Waals surface area (Å²) in [6.45, 7) is 6.34. The number of halogens is 1. The molecule has 1 fully saturated rings. The molecule has 1 unspecified atom stereocenters. The first kappa shape index (κ1) is 13.0. The lowest BCUT2D eigenvalue weighted by molar-refractivity contribution is -0.124. The summed E-state index contributed by atoms with van der Waals surface area (Å²) in [5, 5.41) is 3.18. The van der Waals surface area contributed by atoms with Crippen LogP contribution in [0.2, 0.25) is 0 Å². The normalized spacial score (nSPS) is 17.1. The molecule has 1 aromatic rings. The number of anilines is 1. The molecule has 0 radical (unpaired) electrons. The molecule has 1 aliphatic heterocycles. The molecule has 0 aliphatic carbocycles. The van der Waals surface area contributed by atoms with E-state index in [1.54, 1.807) is 17.0 Å². The van der Waals surface area contributed by atoms with Gasteiger partial charge in [-0.1, -0.05) is 6.92 Å². The third-order valence-corrected chi connectivity index (χ3v) is 3.63. The number of carbonyl (C=O) groups is 1. The van der Waals surface area contributed by atoms with Gasteiger partial charge in [0, 0.05) is 18.2 Å². The molecule has 1 atom stereocenters. The second kappa shape index (κ2) is 5.48. The minimum atomic E-state index is -0.279. The Hall–Kier alpha value is -1.42. The molecule has 1 heterocycles. The van der Waals surface area contributed by atoms with E-state index in [1.807, 2.05) is 13.8 Å². The highest BCUT2D eigenvalue weighted by molar-refractivity contribution is 5.95. The lowest BCUT2D eigenvalue weighted by atomic mass is 9.88. The molecule has 0 bridgehead atoms. The first-order valence-electron chi connectivity index (χ1n) is 6.41. The first-order chi connectivity index (χ1) is 8.63. The summed E-state index contributed by atoms with van der Waals surface area (Å²) in [6.07, 6.45) is 0. The average molecular weight is 250 g/mol. The van der Waals surface area contributed by atoms with Gasteiger partial charge in [0.15, 0.2) is 0 Å². The zero-order valence-corrected chi connectivity index (χ0v) is 10.8. The molecule has 1 amide bonds. The molecule has 3 nitrogen and oxygen atoms in total. The molecular formula is C14H19FN2O. The molecule has 18 heavy (non-hydrogen) atoms. The molecule has 0 aromatic heterocycles. The Labute approximate surface area is 107 Å². The molecular weight excluding hydrogens is 231 g/mol. The molecule has 4 heteroatoms. The number of rotatable bonds is 4. The van der Waals surface area contributed by atoms with Crippen molar-refractivity contribution in [3.63, 3.8) is 0 Å². The summed E-state index contributed by atoms with van der Waals surface area (Å²) in [5.74, 6) is 0.275. The van der Waals surface area contributed by atoms with E-state index >= 15 is 0 Å². The summed E-state index contributed by atoms with van der Waals surface area (Å²) in [6, 6.07) is 6.09. The third kappa shape index (κ3) is 2.53. The zero-order chi connectivity index (χ0) is 13.1. The first-order valence-corrected chi connectivity index (χ1v) is 6.41. The van der Waals surface area contributed by atoms with Crippen LogP contribution < -0.4 is 10.2 Å². The predicted octanol–water partition coefficient (Wildman–Crippen LogP) is 2.03. The Morgan fingerprint density at radius 1 is 1.44 bits per heavy atom. The van der Waals surface area contributed by atoms with Crippen molar-refractivity contribution in [1.29, 1.82) is 0 Å². The number of hydrogen-bond donors (Lipinski definition) is 1. The van der Waals surface area contributed by atoms with Gasteiger partial charge in [-0.05, 0) is 50.2 Å². The highest BCUT2D eigenvalue weighted by atomic mass is 19.1. The monoisotopic (exact) mass is 250 g/mol. The Kier molecular flexibility index (Phi) is 3.97. The Morgan fingerprint density at radius 3 is 2.50 bits per heavy atom. The molecule has 1 aromatic carbocycles. The lowest BCUT2D eigenvalue weighted by Gasteiger charge is -2.34. The van der Waals surface area contributed by atoms with Crippen LogP contribution in [-0.2, 0) is 4.79 Å². The van der Waals surface area contributed by atoms with E-state index in [0.717, 1.165) is 18.8 Å². The van der Waals surface area contributed by atoms with E-state index in [4.69, 9.17) is 0 Å². The lowest BCUT2D eigenvalue weighted by Crippen LogP contribution is -2.50.